The van der Waals surface area contributed by atoms with Crippen LogP contribution in [0.3, 0.4) is 0 Å². The van der Waals surface area contributed by atoms with Gasteiger partial charge in [0.15, 0.2) is 0 Å². The number of carbonyl (C=O) groups is 3. The first-order valence-corrected chi connectivity index (χ1v) is 7.65. The summed E-state index contributed by atoms with van der Waals surface area (Å²) in [4.78, 5) is 38.7. The zero-order valence-corrected chi connectivity index (χ0v) is 14.0. The fourth-order valence-corrected chi connectivity index (χ4v) is 2.53. The third-order valence-electron chi connectivity index (χ3n) is 3.51. The molecule has 0 aromatic rings. The van der Waals surface area contributed by atoms with Crippen LogP contribution >= 0.6 is 0 Å². The molecule has 0 radical (unpaired) electrons. The Kier molecular flexibility index (Phi) is 6.34. The minimum absolute atomic E-state index is 0.0722. The van der Waals surface area contributed by atoms with Gasteiger partial charge < -0.3 is 16.0 Å². The Labute approximate surface area is 132 Å². The van der Waals surface area contributed by atoms with E-state index in [2.05, 4.69) is 5.32 Å². The standard InChI is InChI=1S/C15H28N4O3/c1-15(2,3)17-12(20)9-18(4)10-13(21)19-7-5-6-11(8-19)14(16)22/h11H,5-10H2,1-4H3,(H2,16,22)(H,17,20). The molecule has 22 heavy (non-hydrogen) atoms. The van der Waals surface area contributed by atoms with Gasteiger partial charge in [0.2, 0.25) is 17.7 Å². The summed E-state index contributed by atoms with van der Waals surface area (Å²) in [5.41, 5.74) is 5.03. The molecule has 3 N–H and O–H groups in total. The van der Waals surface area contributed by atoms with E-state index in [-0.39, 0.29) is 42.3 Å². The predicted octanol–water partition coefficient (Wildman–Crippen LogP) is -0.443. The Balaban J connectivity index is 2.43. The number of hydrogen-bond donors (Lipinski definition) is 2. The first-order valence-electron chi connectivity index (χ1n) is 7.65. The van der Waals surface area contributed by atoms with Gasteiger partial charge in [-0.25, -0.2) is 0 Å². The number of piperidine rings is 1. The van der Waals surface area contributed by atoms with Gasteiger partial charge in [-0.3, -0.25) is 19.3 Å². The summed E-state index contributed by atoms with van der Waals surface area (Å²) in [5, 5.41) is 2.86. The highest BCUT2D eigenvalue weighted by Crippen LogP contribution is 2.16. The lowest BCUT2D eigenvalue weighted by molar-refractivity contribution is -0.136. The predicted molar refractivity (Wildman–Crippen MR) is 83.9 cm³/mol. The number of likely N-dealkylation sites (tertiary alicyclic amines) is 1. The summed E-state index contributed by atoms with van der Waals surface area (Å²) in [7, 11) is 1.73. The molecule has 7 nitrogen and oxygen atoms in total. The second-order valence-corrected chi connectivity index (χ2v) is 7.05. The van der Waals surface area contributed by atoms with Crippen molar-refractivity contribution in [2.75, 3.05) is 33.2 Å². The summed E-state index contributed by atoms with van der Waals surface area (Å²) < 4.78 is 0. The Morgan fingerprint density at radius 2 is 1.91 bits per heavy atom. The molecule has 1 aliphatic rings. The monoisotopic (exact) mass is 312 g/mol. The molecule has 1 fully saturated rings. The van der Waals surface area contributed by atoms with Gasteiger partial charge >= 0.3 is 0 Å². The summed E-state index contributed by atoms with van der Waals surface area (Å²) in [5.74, 6) is -0.795. The number of carbonyl (C=O) groups excluding carboxylic acids is 3. The van der Waals surface area contributed by atoms with Crippen molar-refractivity contribution in [2.45, 2.75) is 39.2 Å². The molecule has 0 spiro atoms. The smallest absolute Gasteiger partial charge is 0.236 e. The second-order valence-electron chi connectivity index (χ2n) is 7.05. The molecule has 0 aromatic carbocycles. The molecule has 1 saturated heterocycles. The van der Waals surface area contributed by atoms with Crippen LogP contribution in [-0.2, 0) is 14.4 Å². The van der Waals surface area contributed by atoms with Crippen LogP contribution in [0.5, 0.6) is 0 Å². The quantitative estimate of drug-likeness (QED) is 0.719. The van der Waals surface area contributed by atoms with Crippen molar-refractivity contribution < 1.29 is 14.4 Å². The zero-order chi connectivity index (χ0) is 16.9. The first-order chi connectivity index (χ1) is 10.1. The number of likely N-dealkylation sites (N-methyl/N-ethyl adjacent to an activating group) is 1. The summed E-state index contributed by atoms with van der Waals surface area (Å²) in [6, 6.07) is 0. The third kappa shape index (κ3) is 6.43. The van der Waals surface area contributed by atoms with E-state index in [1.165, 1.54) is 0 Å². The maximum absolute atomic E-state index is 12.2. The largest absolute Gasteiger partial charge is 0.369 e. The average molecular weight is 312 g/mol. The van der Waals surface area contributed by atoms with Gasteiger partial charge in [0.1, 0.15) is 0 Å². The van der Waals surface area contributed by atoms with E-state index in [1.54, 1.807) is 16.8 Å². The lowest BCUT2D eigenvalue weighted by Crippen LogP contribution is -2.49. The van der Waals surface area contributed by atoms with Crippen molar-refractivity contribution in [2.24, 2.45) is 11.7 Å². The fourth-order valence-electron chi connectivity index (χ4n) is 2.53. The van der Waals surface area contributed by atoms with Crippen LogP contribution < -0.4 is 11.1 Å². The van der Waals surface area contributed by atoms with Gasteiger partial charge in [0.05, 0.1) is 19.0 Å². The SMILES string of the molecule is CN(CC(=O)NC(C)(C)C)CC(=O)N1CCCC(C(N)=O)C1. The Morgan fingerprint density at radius 1 is 1.27 bits per heavy atom. The van der Waals surface area contributed by atoms with E-state index >= 15 is 0 Å². The Morgan fingerprint density at radius 3 is 2.45 bits per heavy atom. The van der Waals surface area contributed by atoms with Crippen molar-refractivity contribution in [1.29, 1.82) is 0 Å². The number of nitrogens with two attached hydrogens (primary N) is 1. The van der Waals surface area contributed by atoms with E-state index in [9.17, 15) is 14.4 Å². The highest BCUT2D eigenvalue weighted by Gasteiger charge is 2.27. The molecule has 1 heterocycles. The summed E-state index contributed by atoms with van der Waals surface area (Å²) in [6.07, 6.45) is 1.52. The number of rotatable bonds is 5. The number of primary amides is 1. The Bertz CT molecular complexity index is 431. The first kappa shape index (κ1) is 18.4. The molecule has 1 atom stereocenters. The molecule has 0 saturated carbocycles. The molecule has 0 aromatic heterocycles. The molecular weight excluding hydrogens is 284 g/mol. The molecule has 0 aliphatic carbocycles. The fraction of sp³-hybridized carbons (Fsp3) is 0.800. The van der Waals surface area contributed by atoms with Gasteiger partial charge in [0, 0.05) is 18.6 Å². The van der Waals surface area contributed by atoms with Crippen LogP contribution in [0, 0.1) is 5.92 Å². The van der Waals surface area contributed by atoms with Gasteiger partial charge in [-0.05, 0) is 40.7 Å². The maximum Gasteiger partial charge on any atom is 0.236 e. The lowest BCUT2D eigenvalue weighted by Gasteiger charge is -2.32. The molecule has 1 rings (SSSR count). The van der Waals surface area contributed by atoms with Crippen LogP contribution in [-0.4, -0.2) is 66.3 Å². The third-order valence-corrected chi connectivity index (χ3v) is 3.51. The zero-order valence-electron chi connectivity index (χ0n) is 14.0. The molecule has 7 heteroatoms. The highest BCUT2D eigenvalue weighted by molar-refractivity contribution is 5.82. The highest BCUT2D eigenvalue weighted by atomic mass is 16.2. The normalized spacial score (nSPS) is 19.1. The Hall–Kier alpha value is -1.63. The van der Waals surface area contributed by atoms with Gasteiger partial charge in [0.25, 0.3) is 0 Å². The summed E-state index contributed by atoms with van der Waals surface area (Å²) >= 11 is 0. The minimum atomic E-state index is -0.351. The van der Waals surface area contributed by atoms with Crippen LogP contribution in [0.25, 0.3) is 0 Å². The van der Waals surface area contributed by atoms with E-state index in [0.29, 0.717) is 13.1 Å². The van der Waals surface area contributed by atoms with Crippen LogP contribution in [0.2, 0.25) is 0 Å². The maximum atomic E-state index is 12.2. The lowest BCUT2D eigenvalue weighted by atomic mass is 9.97. The molecular formula is C15H28N4O3. The van der Waals surface area contributed by atoms with E-state index in [0.717, 1.165) is 12.8 Å². The molecule has 3 amide bonds. The van der Waals surface area contributed by atoms with E-state index in [4.69, 9.17) is 5.73 Å². The van der Waals surface area contributed by atoms with Gasteiger partial charge in [-0.2, -0.15) is 0 Å². The van der Waals surface area contributed by atoms with Crippen molar-refractivity contribution in [3.05, 3.63) is 0 Å². The second kappa shape index (κ2) is 7.58. The molecule has 126 valence electrons. The van der Waals surface area contributed by atoms with E-state index < -0.39 is 0 Å². The number of amides is 3. The molecule has 1 aliphatic heterocycles. The van der Waals surface area contributed by atoms with Gasteiger partial charge in [-0.1, -0.05) is 0 Å². The van der Waals surface area contributed by atoms with Crippen molar-refractivity contribution in [3.8, 4) is 0 Å². The van der Waals surface area contributed by atoms with Gasteiger partial charge in [-0.15, -0.1) is 0 Å². The molecule has 1 unspecified atom stereocenters. The number of hydrogen-bond acceptors (Lipinski definition) is 4. The number of nitrogens with one attached hydrogen (secondary N) is 1. The summed E-state index contributed by atoms with van der Waals surface area (Å²) in [6.45, 7) is 7.08. The van der Waals surface area contributed by atoms with Crippen LogP contribution in [0.15, 0.2) is 0 Å². The molecule has 0 bridgehead atoms. The van der Waals surface area contributed by atoms with Crippen molar-refractivity contribution in [1.82, 2.24) is 15.1 Å². The topological polar surface area (TPSA) is 95.7 Å². The van der Waals surface area contributed by atoms with Crippen LogP contribution in [0.4, 0.5) is 0 Å². The van der Waals surface area contributed by atoms with Crippen LogP contribution in [0.1, 0.15) is 33.6 Å². The van der Waals surface area contributed by atoms with Crippen molar-refractivity contribution >= 4 is 17.7 Å². The van der Waals surface area contributed by atoms with E-state index in [1.807, 2.05) is 20.8 Å². The average Bonchev–Trinajstić information content (AvgIpc) is 2.36. The minimum Gasteiger partial charge on any atom is -0.369 e. The van der Waals surface area contributed by atoms with Crippen molar-refractivity contribution in [3.63, 3.8) is 0 Å². The number of nitrogens with zero attached hydrogens (tertiary/aromatic N) is 2.